The number of benzene rings is 2. The molecule has 0 saturated carbocycles. The van der Waals surface area contributed by atoms with Gasteiger partial charge in [0.15, 0.2) is 5.16 Å². The van der Waals surface area contributed by atoms with E-state index in [1.807, 2.05) is 61.5 Å². The van der Waals surface area contributed by atoms with Crippen LogP contribution in [0, 0.1) is 0 Å². The standard InChI is InChI=1S/C19H17N3O2S/c1-12-11-16(18(23)24-12)25-19-21-15-10-6-5-9-14(15)17(22-19)20-13-7-3-2-4-8-13/h2-10,12,16H,11H2,1H3,(H,20,21,22). The minimum atomic E-state index is -0.249. The molecule has 4 rings (SSSR count). The fourth-order valence-corrected chi connectivity index (χ4v) is 3.87. The molecule has 126 valence electrons. The van der Waals surface area contributed by atoms with Crippen molar-refractivity contribution >= 4 is 40.1 Å². The van der Waals surface area contributed by atoms with Crippen LogP contribution in [0.5, 0.6) is 0 Å². The first-order chi connectivity index (χ1) is 12.2. The molecule has 1 aromatic heterocycles. The fraction of sp³-hybridized carbons (Fsp3) is 0.211. The molecule has 0 amide bonds. The van der Waals surface area contributed by atoms with Crippen molar-refractivity contribution in [3.8, 4) is 0 Å². The summed E-state index contributed by atoms with van der Waals surface area (Å²) in [6, 6.07) is 17.7. The average molecular weight is 351 g/mol. The maximum absolute atomic E-state index is 11.9. The lowest BCUT2D eigenvalue weighted by atomic mass is 10.2. The summed E-state index contributed by atoms with van der Waals surface area (Å²) in [7, 11) is 0. The number of ether oxygens (including phenoxy) is 1. The van der Waals surface area contributed by atoms with E-state index in [0.717, 1.165) is 22.4 Å². The van der Waals surface area contributed by atoms with Gasteiger partial charge in [0.05, 0.1) is 5.52 Å². The van der Waals surface area contributed by atoms with E-state index >= 15 is 0 Å². The van der Waals surface area contributed by atoms with Crippen LogP contribution in [0.25, 0.3) is 10.9 Å². The Hall–Kier alpha value is -2.60. The Morgan fingerprint density at radius 1 is 1.08 bits per heavy atom. The Balaban J connectivity index is 1.70. The van der Waals surface area contributed by atoms with Crippen LogP contribution in [-0.4, -0.2) is 27.3 Å². The van der Waals surface area contributed by atoms with Crippen molar-refractivity contribution in [3.63, 3.8) is 0 Å². The predicted octanol–water partition coefficient (Wildman–Crippen LogP) is 4.17. The Morgan fingerprint density at radius 2 is 1.84 bits per heavy atom. The second-order valence-electron chi connectivity index (χ2n) is 5.95. The molecule has 2 aromatic carbocycles. The third-order valence-electron chi connectivity index (χ3n) is 3.99. The van der Waals surface area contributed by atoms with Gasteiger partial charge in [0.1, 0.15) is 17.2 Å². The molecular formula is C19H17N3O2S. The van der Waals surface area contributed by atoms with Gasteiger partial charge in [-0.15, -0.1) is 0 Å². The van der Waals surface area contributed by atoms with Crippen molar-refractivity contribution in [2.45, 2.75) is 29.9 Å². The van der Waals surface area contributed by atoms with Gasteiger partial charge >= 0.3 is 5.97 Å². The van der Waals surface area contributed by atoms with Crippen molar-refractivity contribution in [2.75, 3.05) is 5.32 Å². The molecule has 3 aromatic rings. The second-order valence-corrected chi connectivity index (χ2v) is 7.12. The van der Waals surface area contributed by atoms with E-state index in [1.165, 1.54) is 11.8 Å². The Morgan fingerprint density at radius 3 is 2.60 bits per heavy atom. The van der Waals surface area contributed by atoms with Crippen LogP contribution in [0.2, 0.25) is 0 Å². The lowest BCUT2D eigenvalue weighted by Crippen LogP contribution is -2.10. The normalized spacial score (nSPS) is 19.8. The SMILES string of the molecule is CC1CC(Sc2nc(Nc3ccccc3)c3ccccc3n2)C(=O)O1. The number of hydrogen-bond donors (Lipinski definition) is 1. The zero-order chi connectivity index (χ0) is 17.2. The maximum Gasteiger partial charge on any atom is 0.319 e. The van der Waals surface area contributed by atoms with Crippen LogP contribution in [0.3, 0.4) is 0 Å². The first-order valence-electron chi connectivity index (χ1n) is 8.15. The van der Waals surface area contributed by atoms with Crippen LogP contribution >= 0.6 is 11.8 Å². The number of carbonyl (C=O) groups excluding carboxylic acids is 1. The number of para-hydroxylation sites is 2. The number of hydrogen-bond acceptors (Lipinski definition) is 6. The minimum Gasteiger partial charge on any atom is -0.462 e. The molecule has 0 radical (unpaired) electrons. The average Bonchev–Trinajstić information content (AvgIpc) is 2.93. The smallest absolute Gasteiger partial charge is 0.319 e. The Bertz CT molecular complexity index is 917. The van der Waals surface area contributed by atoms with Gasteiger partial charge < -0.3 is 10.1 Å². The third-order valence-corrected chi connectivity index (χ3v) is 5.06. The number of anilines is 2. The monoisotopic (exact) mass is 351 g/mol. The second kappa shape index (κ2) is 6.72. The van der Waals surface area contributed by atoms with Crippen molar-refractivity contribution in [1.29, 1.82) is 0 Å². The van der Waals surface area contributed by atoms with Crippen LogP contribution in [-0.2, 0) is 9.53 Å². The molecule has 0 bridgehead atoms. The highest BCUT2D eigenvalue weighted by Crippen LogP contribution is 2.33. The first-order valence-corrected chi connectivity index (χ1v) is 9.03. The Labute approximate surface area is 149 Å². The van der Waals surface area contributed by atoms with Gasteiger partial charge in [-0.2, -0.15) is 0 Å². The molecule has 2 unspecified atom stereocenters. The molecule has 5 nitrogen and oxygen atoms in total. The molecule has 1 saturated heterocycles. The molecule has 1 aliphatic heterocycles. The number of aromatic nitrogens is 2. The van der Waals surface area contributed by atoms with Gasteiger partial charge in [0.2, 0.25) is 0 Å². The van der Waals surface area contributed by atoms with Crippen molar-refractivity contribution in [1.82, 2.24) is 9.97 Å². The molecular weight excluding hydrogens is 334 g/mol. The van der Waals surface area contributed by atoms with Gasteiger partial charge in [-0.3, -0.25) is 4.79 Å². The molecule has 2 atom stereocenters. The van der Waals surface area contributed by atoms with Crippen molar-refractivity contribution < 1.29 is 9.53 Å². The summed E-state index contributed by atoms with van der Waals surface area (Å²) in [5, 5.41) is 4.62. The van der Waals surface area contributed by atoms with E-state index in [2.05, 4.69) is 15.3 Å². The molecule has 6 heteroatoms. The number of carbonyl (C=O) groups is 1. The van der Waals surface area contributed by atoms with E-state index in [4.69, 9.17) is 4.74 Å². The highest BCUT2D eigenvalue weighted by Gasteiger charge is 2.33. The van der Waals surface area contributed by atoms with Crippen LogP contribution < -0.4 is 5.32 Å². The van der Waals surface area contributed by atoms with E-state index in [-0.39, 0.29) is 17.3 Å². The summed E-state index contributed by atoms with van der Waals surface area (Å²) >= 11 is 1.37. The summed E-state index contributed by atoms with van der Waals surface area (Å²) in [5.41, 5.74) is 1.80. The summed E-state index contributed by atoms with van der Waals surface area (Å²) in [4.78, 5) is 21.2. The van der Waals surface area contributed by atoms with E-state index < -0.39 is 0 Å². The van der Waals surface area contributed by atoms with Gasteiger partial charge in [0.25, 0.3) is 0 Å². The topological polar surface area (TPSA) is 64.1 Å². The lowest BCUT2D eigenvalue weighted by molar-refractivity contribution is -0.140. The zero-order valence-electron chi connectivity index (χ0n) is 13.7. The Kier molecular flexibility index (Phi) is 4.28. The quantitative estimate of drug-likeness (QED) is 0.562. The number of thioether (sulfide) groups is 1. The molecule has 1 aliphatic rings. The number of cyclic esters (lactones) is 1. The van der Waals surface area contributed by atoms with Gasteiger partial charge in [-0.1, -0.05) is 42.1 Å². The third kappa shape index (κ3) is 3.44. The number of fused-ring (bicyclic) bond motifs is 1. The van der Waals surface area contributed by atoms with E-state index in [1.54, 1.807) is 0 Å². The summed E-state index contributed by atoms with van der Waals surface area (Å²) in [5.74, 6) is 0.547. The zero-order valence-corrected chi connectivity index (χ0v) is 14.5. The largest absolute Gasteiger partial charge is 0.462 e. The van der Waals surface area contributed by atoms with Crippen molar-refractivity contribution in [3.05, 3.63) is 54.6 Å². The van der Waals surface area contributed by atoms with Gasteiger partial charge in [-0.05, 0) is 31.2 Å². The van der Waals surface area contributed by atoms with Gasteiger partial charge in [0, 0.05) is 17.5 Å². The number of nitrogens with one attached hydrogen (secondary N) is 1. The lowest BCUT2D eigenvalue weighted by Gasteiger charge is -2.11. The summed E-state index contributed by atoms with van der Waals surface area (Å²) in [6.07, 6.45) is 0.633. The molecule has 2 heterocycles. The highest BCUT2D eigenvalue weighted by atomic mass is 32.2. The fourth-order valence-electron chi connectivity index (χ4n) is 2.80. The molecule has 1 fully saturated rings. The van der Waals surface area contributed by atoms with Crippen LogP contribution in [0.1, 0.15) is 13.3 Å². The predicted molar refractivity (Wildman–Crippen MR) is 99.1 cm³/mol. The minimum absolute atomic E-state index is 0.0487. The highest BCUT2D eigenvalue weighted by molar-refractivity contribution is 8.00. The van der Waals surface area contributed by atoms with Crippen molar-refractivity contribution in [2.24, 2.45) is 0 Å². The number of rotatable bonds is 4. The summed E-state index contributed by atoms with van der Waals surface area (Å²) in [6.45, 7) is 1.90. The van der Waals surface area contributed by atoms with Gasteiger partial charge in [-0.25, -0.2) is 9.97 Å². The summed E-state index contributed by atoms with van der Waals surface area (Å²) < 4.78 is 5.23. The van der Waals surface area contributed by atoms with Crippen LogP contribution in [0.4, 0.5) is 11.5 Å². The molecule has 1 N–H and O–H groups in total. The number of nitrogens with zero attached hydrogens (tertiary/aromatic N) is 2. The van der Waals surface area contributed by atoms with E-state index in [9.17, 15) is 4.79 Å². The molecule has 0 spiro atoms. The van der Waals surface area contributed by atoms with Crippen LogP contribution in [0.15, 0.2) is 59.8 Å². The maximum atomic E-state index is 11.9. The number of esters is 1. The molecule has 25 heavy (non-hydrogen) atoms. The molecule has 0 aliphatic carbocycles. The first kappa shape index (κ1) is 15.9. The van der Waals surface area contributed by atoms with E-state index in [0.29, 0.717) is 11.6 Å².